The van der Waals surface area contributed by atoms with E-state index >= 15 is 0 Å². The molecule has 2 aromatic heterocycles. The van der Waals surface area contributed by atoms with Crippen molar-refractivity contribution in [1.82, 2.24) is 14.9 Å². The van der Waals surface area contributed by atoms with Crippen LogP contribution in [0.1, 0.15) is 5.69 Å². The van der Waals surface area contributed by atoms with Gasteiger partial charge in [-0.1, -0.05) is 29.5 Å². The molecule has 1 atom stereocenters. The smallest absolute Gasteiger partial charge is 0.322 e. The van der Waals surface area contributed by atoms with Crippen molar-refractivity contribution in [3.8, 4) is 0 Å². The third-order valence-corrected chi connectivity index (χ3v) is 5.52. The number of fused-ring (bicyclic) bond motifs is 1. The van der Waals surface area contributed by atoms with Crippen LogP contribution in [0.3, 0.4) is 0 Å². The number of anilines is 1. The zero-order chi connectivity index (χ0) is 17.2. The van der Waals surface area contributed by atoms with Crippen LogP contribution in [0, 0.1) is 0 Å². The molecule has 0 spiro atoms. The zero-order valence-corrected chi connectivity index (χ0v) is 14.4. The van der Waals surface area contributed by atoms with E-state index in [1.54, 1.807) is 17.5 Å². The summed E-state index contributed by atoms with van der Waals surface area (Å²) in [5, 5.41) is 10.6. The number of aliphatic carboxylic acids is 1. The van der Waals surface area contributed by atoms with Gasteiger partial charge in [0, 0.05) is 32.4 Å². The first kappa shape index (κ1) is 16.0. The minimum atomic E-state index is -0.804. The van der Waals surface area contributed by atoms with Crippen LogP contribution in [-0.4, -0.2) is 51.6 Å². The van der Waals surface area contributed by atoms with Crippen molar-refractivity contribution in [2.45, 2.75) is 12.6 Å². The van der Waals surface area contributed by atoms with Gasteiger partial charge in [-0.15, -0.1) is 0 Å². The molecule has 0 amide bonds. The Bertz CT molecular complexity index is 850. The fourth-order valence-corrected chi connectivity index (χ4v) is 4.11. The summed E-state index contributed by atoms with van der Waals surface area (Å²) in [5.41, 5.74) is 1.85. The molecule has 0 saturated carbocycles. The Balaban J connectivity index is 1.53. The summed E-state index contributed by atoms with van der Waals surface area (Å²) in [7, 11) is 0. The first-order valence-electron chi connectivity index (χ1n) is 8.18. The summed E-state index contributed by atoms with van der Waals surface area (Å²) >= 11 is 1.61. The summed E-state index contributed by atoms with van der Waals surface area (Å²) < 4.78 is 1.13. The Morgan fingerprint density at radius 1 is 1.20 bits per heavy atom. The van der Waals surface area contributed by atoms with Crippen LogP contribution in [0.25, 0.3) is 10.2 Å². The van der Waals surface area contributed by atoms with Gasteiger partial charge in [-0.05, 0) is 24.3 Å². The number of nitrogens with zero attached hydrogens (tertiary/aromatic N) is 4. The average molecular weight is 354 g/mol. The summed E-state index contributed by atoms with van der Waals surface area (Å²) in [6.45, 7) is 2.41. The minimum Gasteiger partial charge on any atom is -0.480 e. The van der Waals surface area contributed by atoms with Crippen LogP contribution >= 0.6 is 11.3 Å². The number of para-hydroxylation sites is 1. The number of thiazole rings is 1. The fourth-order valence-electron chi connectivity index (χ4n) is 3.11. The molecule has 7 heteroatoms. The first-order valence-corrected chi connectivity index (χ1v) is 8.99. The van der Waals surface area contributed by atoms with Crippen molar-refractivity contribution in [1.29, 1.82) is 0 Å². The van der Waals surface area contributed by atoms with Gasteiger partial charge in [0.25, 0.3) is 0 Å². The van der Waals surface area contributed by atoms with Crippen LogP contribution in [0.15, 0.2) is 48.7 Å². The Labute approximate surface area is 149 Å². The van der Waals surface area contributed by atoms with Crippen molar-refractivity contribution in [2.24, 2.45) is 0 Å². The first-order chi connectivity index (χ1) is 12.2. The van der Waals surface area contributed by atoms with Gasteiger partial charge in [-0.25, -0.2) is 4.98 Å². The van der Waals surface area contributed by atoms with E-state index in [-0.39, 0.29) is 0 Å². The van der Waals surface area contributed by atoms with Gasteiger partial charge in [0.2, 0.25) is 0 Å². The standard InChI is InChI=1S/C18H18N4O2S/c23-17(24)15-12-22(18-20-14-6-1-2-7-16(14)25-18)10-9-21(15)11-13-5-3-4-8-19-13/h1-8,15H,9-12H2,(H,23,24)/t15-/m0/s1. The number of carboxylic acid groups (broad SMARTS) is 1. The Kier molecular flexibility index (Phi) is 4.33. The summed E-state index contributed by atoms with van der Waals surface area (Å²) in [4.78, 5) is 24.8. The van der Waals surface area contributed by atoms with Crippen molar-refractivity contribution in [3.05, 3.63) is 54.4 Å². The molecular weight excluding hydrogens is 336 g/mol. The lowest BCUT2D eigenvalue weighted by molar-refractivity contribution is -0.143. The van der Waals surface area contributed by atoms with Crippen LogP contribution < -0.4 is 4.90 Å². The van der Waals surface area contributed by atoms with E-state index in [9.17, 15) is 9.90 Å². The van der Waals surface area contributed by atoms with Crippen LogP contribution in [0.5, 0.6) is 0 Å². The molecule has 1 N–H and O–H groups in total. The molecule has 0 aliphatic carbocycles. The van der Waals surface area contributed by atoms with Crippen LogP contribution in [-0.2, 0) is 11.3 Å². The van der Waals surface area contributed by atoms with Gasteiger partial charge < -0.3 is 10.0 Å². The Morgan fingerprint density at radius 3 is 2.80 bits per heavy atom. The maximum atomic E-state index is 11.8. The SMILES string of the molecule is O=C(O)[C@@H]1CN(c2nc3ccccc3s2)CCN1Cc1ccccn1. The lowest BCUT2D eigenvalue weighted by Crippen LogP contribution is -2.56. The van der Waals surface area contributed by atoms with Gasteiger partial charge >= 0.3 is 5.97 Å². The highest BCUT2D eigenvalue weighted by molar-refractivity contribution is 7.22. The molecule has 128 valence electrons. The zero-order valence-electron chi connectivity index (χ0n) is 13.6. The number of aromatic nitrogens is 2. The number of hydrogen-bond acceptors (Lipinski definition) is 6. The number of carbonyl (C=O) groups is 1. The van der Waals surface area contributed by atoms with Gasteiger partial charge in [-0.3, -0.25) is 14.7 Å². The number of rotatable bonds is 4. The Hall–Kier alpha value is -2.51. The largest absolute Gasteiger partial charge is 0.480 e. The second-order valence-corrected chi connectivity index (χ2v) is 7.06. The third-order valence-electron chi connectivity index (χ3n) is 4.42. The molecule has 1 aliphatic heterocycles. The molecule has 0 bridgehead atoms. The minimum absolute atomic E-state index is 0.433. The van der Waals surface area contributed by atoms with Crippen molar-refractivity contribution >= 4 is 32.7 Å². The highest BCUT2D eigenvalue weighted by Gasteiger charge is 2.33. The topological polar surface area (TPSA) is 69.6 Å². The molecular formula is C18H18N4O2S. The van der Waals surface area contributed by atoms with E-state index in [0.29, 0.717) is 19.6 Å². The molecule has 1 aromatic carbocycles. The number of hydrogen-bond donors (Lipinski definition) is 1. The van der Waals surface area contributed by atoms with Crippen molar-refractivity contribution in [3.63, 3.8) is 0 Å². The van der Waals surface area contributed by atoms with E-state index in [4.69, 9.17) is 0 Å². The fraction of sp³-hybridized carbons (Fsp3) is 0.278. The number of benzene rings is 1. The lowest BCUT2D eigenvalue weighted by Gasteiger charge is -2.39. The Morgan fingerprint density at radius 2 is 2.04 bits per heavy atom. The molecule has 3 heterocycles. The van der Waals surface area contributed by atoms with E-state index in [1.807, 2.05) is 47.4 Å². The summed E-state index contributed by atoms with van der Waals surface area (Å²) in [6, 6.07) is 13.1. The molecule has 6 nitrogen and oxygen atoms in total. The van der Waals surface area contributed by atoms with Crippen LogP contribution in [0.4, 0.5) is 5.13 Å². The van der Waals surface area contributed by atoms with E-state index in [2.05, 4.69) is 14.9 Å². The lowest BCUT2D eigenvalue weighted by atomic mass is 10.1. The van der Waals surface area contributed by atoms with Gasteiger partial charge in [-0.2, -0.15) is 0 Å². The highest BCUT2D eigenvalue weighted by atomic mass is 32.1. The van der Waals surface area contributed by atoms with Crippen molar-refractivity contribution < 1.29 is 9.90 Å². The maximum absolute atomic E-state index is 11.8. The molecule has 0 radical (unpaired) electrons. The van der Waals surface area contributed by atoms with Gasteiger partial charge in [0.15, 0.2) is 5.13 Å². The van der Waals surface area contributed by atoms with Gasteiger partial charge in [0.05, 0.1) is 15.9 Å². The molecule has 3 aromatic rings. The third kappa shape index (κ3) is 3.33. The van der Waals surface area contributed by atoms with Gasteiger partial charge in [0.1, 0.15) is 6.04 Å². The number of piperazine rings is 1. The summed E-state index contributed by atoms with van der Waals surface area (Å²) in [6.07, 6.45) is 1.74. The molecule has 0 unspecified atom stereocenters. The van der Waals surface area contributed by atoms with Crippen LogP contribution in [0.2, 0.25) is 0 Å². The maximum Gasteiger partial charge on any atom is 0.322 e. The normalized spacial score (nSPS) is 18.6. The quantitative estimate of drug-likeness (QED) is 0.776. The average Bonchev–Trinajstić information content (AvgIpc) is 3.07. The monoisotopic (exact) mass is 354 g/mol. The second kappa shape index (κ2) is 6.78. The molecule has 1 saturated heterocycles. The van der Waals surface area contributed by atoms with E-state index < -0.39 is 12.0 Å². The second-order valence-electron chi connectivity index (χ2n) is 6.06. The van der Waals surface area contributed by atoms with E-state index in [1.165, 1.54) is 0 Å². The number of pyridine rings is 1. The highest BCUT2D eigenvalue weighted by Crippen LogP contribution is 2.30. The molecule has 25 heavy (non-hydrogen) atoms. The number of carboxylic acids is 1. The summed E-state index contributed by atoms with van der Waals surface area (Å²) in [5.74, 6) is -0.804. The van der Waals surface area contributed by atoms with Crippen molar-refractivity contribution in [2.75, 3.05) is 24.5 Å². The molecule has 1 fully saturated rings. The molecule has 4 rings (SSSR count). The van der Waals surface area contributed by atoms with E-state index in [0.717, 1.165) is 27.6 Å². The predicted octanol–water partition coefficient (Wildman–Crippen LogP) is 2.47. The predicted molar refractivity (Wildman–Crippen MR) is 97.9 cm³/mol. The molecule has 1 aliphatic rings.